The van der Waals surface area contributed by atoms with E-state index >= 15 is 0 Å². The highest BCUT2D eigenvalue weighted by Crippen LogP contribution is 2.26. The number of hydrogen-bond donors (Lipinski definition) is 1. The molecule has 1 amide bonds. The minimum atomic E-state index is -4.27. The van der Waals surface area contributed by atoms with Gasteiger partial charge in [-0.15, -0.1) is 0 Å². The Balaban J connectivity index is 3.05. The molecule has 21 heavy (non-hydrogen) atoms. The molecule has 1 unspecified atom stereocenters. The van der Waals surface area contributed by atoms with Crippen molar-refractivity contribution in [3.63, 3.8) is 0 Å². The molecule has 0 aliphatic heterocycles. The maximum absolute atomic E-state index is 13.6. The van der Waals surface area contributed by atoms with Gasteiger partial charge in [-0.05, 0) is 41.4 Å². The zero-order valence-corrected chi connectivity index (χ0v) is 14.5. The van der Waals surface area contributed by atoms with E-state index in [1.54, 1.807) is 14.0 Å². The third-order valence-corrected chi connectivity index (χ3v) is 4.65. The number of benzene rings is 1. The van der Waals surface area contributed by atoms with Crippen molar-refractivity contribution in [2.75, 3.05) is 13.7 Å². The van der Waals surface area contributed by atoms with Gasteiger partial charge >= 0.3 is 0 Å². The molecule has 1 aromatic carbocycles. The van der Waals surface area contributed by atoms with Crippen molar-refractivity contribution in [3.05, 3.63) is 28.0 Å². The van der Waals surface area contributed by atoms with Gasteiger partial charge in [-0.25, -0.2) is 12.8 Å². The average molecular weight is 403 g/mol. The number of rotatable bonds is 6. The number of carbonyl (C=O) groups is 1. The maximum Gasteiger partial charge on any atom is 0.264 e. The van der Waals surface area contributed by atoms with Crippen molar-refractivity contribution in [2.45, 2.75) is 24.3 Å². The van der Waals surface area contributed by atoms with Crippen LogP contribution in [0.5, 0.6) is 0 Å². The number of methoxy groups -OCH3 is 1. The molecule has 0 fully saturated rings. The number of amides is 1. The van der Waals surface area contributed by atoms with Crippen molar-refractivity contribution in [1.29, 1.82) is 0 Å². The van der Waals surface area contributed by atoms with E-state index in [0.717, 1.165) is 12.1 Å². The predicted molar refractivity (Wildman–Crippen MR) is 80.6 cm³/mol. The van der Waals surface area contributed by atoms with Crippen LogP contribution in [0.3, 0.4) is 0 Å². The summed E-state index contributed by atoms with van der Waals surface area (Å²) in [6.07, 6.45) is 0.585. The zero-order chi connectivity index (χ0) is 16.2. The van der Waals surface area contributed by atoms with Crippen molar-refractivity contribution < 1.29 is 22.3 Å². The summed E-state index contributed by atoms with van der Waals surface area (Å²) in [7, 11) is 2.41. The van der Waals surface area contributed by atoms with Gasteiger partial charge in [-0.1, -0.05) is 0 Å². The van der Waals surface area contributed by atoms with Gasteiger partial charge in [0, 0.05) is 34.9 Å². The molecule has 0 aliphatic rings. The zero-order valence-electron chi connectivity index (χ0n) is 11.3. The van der Waals surface area contributed by atoms with E-state index in [0.29, 0.717) is 13.0 Å². The molecule has 0 saturated carbocycles. The van der Waals surface area contributed by atoms with Crippen molar-refractivity contribution in [3.8, 4) is 0 Å². The summed E-state index contributed by atoms with van der Waals surface area (Å²) < 4.78 is 41.1. The molecule has 9 heteroatoms. The molecule has 0 saturated heterocycles. The van der Waals surface area contributed by atoms with E-state index in [4.69, 9.17) is 15.4 Å². The molecule has 1 atom stereocenters. The smallest absolute Gasteiger partial charge is 0.264 e. The number of hydrogen-bond acceptors (Lipinski definition) is 4. The van der Waals surface area contributed by atoms with Crippen molar-refractivity contribution >= 4 is 41.6 Å². The Labute approximate surface area is 135 Å². The van der Waals surface area contributed by atoms with Crippen LogP contribution in [0.1, 0.15) is 23.7 Å². The highest BCUT2D eigenvalue weighted by atomic mass is 79.9. The van der Waals surface area contributed by atoms with Crippen LogP contribution in [0.4, 0.5) is 4.39 Å². The minimum absolute atomic E-state index is 0.0140. The standard InChI is InChI=1S/C12H14BrClFNO4S/c1-7(3-4-20-2)16-12(17)8-5-11(21(14,18)19)10(15)6-9(8)13/h5-7H,3-4H2,1-2H3,(H,16,17). The van der Waals surface area contributed by atoms with Crippen LogP contribution in [-0.2, 0) is 13.8 Å². The Kier molecular flexibility index (Phi) is 6.58. The largest absolute Gasteiger partial charge is 0.385 e. The van der Waals surface area contributed by atoms with E-state index in [1.165, 1.54) is 0 Å². The summed E-state index contributed by atoms with van der Waals surface area (Å²) in [5.41, 5.74) is -0.0140. The molecular weight excluding hydrogens is 389 g/mol. The first-order chi connectivity index (χ1) is 9.66. The number of ether oxygens (including phenoxy) is 1. The molecule has 1 N–H and O–H groups in total. The summed E-state index contributed by atoms with van der Waals surface area (Å²) in [5, 5.41) is 2.66. The van der Waals surface area contributed by atoms with Crippen LogP contribution < -0.4 is 5.32 Å². The van der Waals surface area contributed by atoms with Gasteiger partial charge in [0.2, 0.25) is 0 Å². The summed E-state index contributed by atoms with van der Waals surface area (Å²) >= 11 is 3.03. The van der Waals surface area contributed by atoms with Crippen molar-refractivity contribution in [2.24, 2.45) is 0 Å². The first kappa shape index (κ1) is 18.3. The van der Waals surface area contributed by atoms with E-state index in [1.807, 2.05) is 0 Å². The maximum atomic E-state index is 13.6. The molecule has 0 bridgehead atoms. The van der Waals surface area contributed by atoms with Gasteiger partial charge in [-0.2, -0.15) is 0 Å². The third-order valence-electron chi connectivity index (χ3n) is 2.66. The van der Waals surface area contributed by atoms with E-state index < -0.39 is 25.7 Å². The van der Waals surface area contributed by atoms with Gasteiger partial charge in [0.05, 0.1) is 5.56 Å². The lowest BCUT2D eigenvalue weighted by Crippen LogP contribution is -2.33. The minimum Gasteiger partial charge on any atom is -0.385 e. The highest BCUT2D eigenvalue weighted by molar-refractivity contribution is 9.10. The van der Waals surface area contributed by atoms with Crippen LogP contribution in [0.25, 0.3) is 0 Å². The summed E-state index contributed by atoms with van der Waals surface area (Å²) in [4.78, 5) is 11.4. The van der Waals surface area contributed by atoms with E-state index in [2.05, 4.69) is 21.2 Å². The van der Waals surface area contributed by atoms with E-state index in [-0.39, 0.29) is 16.1 Å². The summed E-state index contributed by atoms with van der Waals surface area (Å²) in [5.74, 6) is -1.56. The SMILES string of the molecule is COCCC(C)NC(=O)c1cc(S(=O)(=O)Cl)c(F)cc1Br. The normalized spacial score (nSPS) is 13.0. The molecule has 1 rings (SSSR count). The Morgan fingerprint density at radius 2 is 2.14 bits per heavy atom. The fraction of sp³-hybridized carbons (Fsp3) is 0.417. The lowest BCUT2D eigenvalue weighted by atomic mass is 10.1. The Morgan fingerprint density at radius 3 is 2.67 bits per heavy atom. The van der Waals surface area contributed by atoms with Crippen LogP contribution in [-0.4, -0.2) is 34.1 Å². The number of halogens is 3. The first-order valence-corrected chi connectivity index (χ1v) is 9.00. The Bertz CT molecular complexity index is 638. The van der Waals surface area contributed by atoms with Gasteiger partial charge in [-0.3, -0.25) is 4.79 Å². The third kappa shape index (κ3) is 5.21. The topological polar surface area (TPSA) is 72.5 Å². The molecule has 5 nitrogen and oxygen atoms in total. The van der Waals surface area contributed by atoms with Gasteiger partial charge in [0.25, 0.3) is 15.0 Å². The highest BCUT2D eigenvalue weighted by Gasteiger charge is 2.22. The average Bonchev–Trinajstić information content (AvgIpc) is 2.34. The molecule has 0 aliphatic carbocycles. The van der Waals surface area contributed by atoms with Crippen LogP contribution in [0, 0.1) is 5.82 Å². The molecule has 0 aromatic heterocycles. The molecule has 118 valence electrons. The van der Waals surface area contributed by atoms with E-state index in [9.17, 15) is 17.6 Å². The first-order valence-electron chi connectivity index (χ1n) is 5.90. The monoisotopic (exact) mass is 401 g/mol. The van der Waals surface area contributed by atoms with Gasteiger partial charge in [0.15, 0.2) is 0 Å². The van der Waals surface area contributed by atoms with Gasteiger partial charge < -0.3 is 10.1 Å². The molecule has 0 radical (unpaired) electrons. The lowest BCUT2D eigenvalue weighted by Gasteiger charge is -2.14. The van der Waals surface area contributed by atoms with Crippen molar-refractivity contribution in [1.82, 2.24) is 5.32 Å². The molecule has 1 aromatic rings. The Morgan fingerprint density at radius 1 is 1.52 bits per heavy atom. The lowest BCUT2D eigenvalue weighted by molar-refractivity contribution is 0.0928. The van der Waals surface area contributed by atoms with Crippen LogP contribution >= 0.6 is 26.6 Å². The molecule has 0 heterocycles. The second-order valence-electron chi connectivity index (χ2n) is 4.36. The predicted octanol–water partition coefficient (Wildman–Crippen LogP) is 2.67. The number of nitrogens with one attached hydrogen (secondary N) is 1. The second-order valence-corrected chi connectivity index (χ2v) is 7.75. The quantitative estimate of drug-likeness (QED) is 0.743. The summed E-state index contributed by atoms with van der Waals surface area (Å²) in [6.45, 7) is 2.24. The summed E-state index contributed by atoms with van der Waals surface area (Å²) in [6, 6.07) is 1.61. The molecular formula is C12H14BrClFNO4S. The van der Waals surface area contributed by atoms with Crippen LogP contribution in [0.2, 0.25) is 0 Å². The second kappa shape index (κ2) is 7.53. The van der Waals surface area contributed by atoms with Crippen LogP contribution in [0.15, 0.2) is 21.5 Å². The number of carbonyl (C=O) groups excluding carboxylic acids is 1. The Hall–Kier alpha value is -0.700. The van der Waals surface area contributed by atoms with Gasteiger partial charge in [0.1, 0.15) is 10.7 Å². The molecule has 0 spiro atoms. The fourth-order valence-electron chi connectivity index (χ4n) is 1.56. The fourth-order valence-corrected chi connectivity index (χ4v) is 2.96.